The highest BCUT2D eigenvalue weighted by molar-refractivity contribution is 7.91. The van der Waals surface area contributed by atoms with Crippen LogP contribution in [0.1, 0.15) is 23.8 Å². The molecule has 1 unspecified atom stereocenters. The lowest BCUT2D eigenvalue weighted by atomic mass is 10.2. The van der Waals surface area contributed by atoms with Crippen molar-refractivity contribution in [2.24, 2.45) is 0 Å². The zero-order valence-electron chi connectivity index (χ0n) is 11.0. The molecule has 0 radical (unpaired) electrons. The smallest absolute Gasteiger partial charge is 0.272 e. The zero-order valence-corrected chi connectivity index (χ0v) is 12.7. The maximum absolute atomic E-state index is 12.6. The quantitative estimate of drug-likeness (QED) is 0.849. The Bertz CT molecular complexity index is 747. The molecule has 1 amide bonds. The Kier molecular flexibility index (Phi) is 3.29. The molecule has 2 aromatic heterocycles. The third-order valence-corrected chi connectivity index (χ3v) is 6.22. The number of carbonyl (C=O) groups is 1. The molecule has 3 heterocycles. The first-order valence-electron chi connectivity index (χ1n) is 6.44. The molecular formula is C12H15N3O3S2. The Morgan fingerprint density at radius 1 is 1.60 bits per heavy atom. The minimum atomic E-state index is -3.00. The van der Waals surface area contributed by atoms with Gasteiger partial charge in [-0.1, -0.05) is 0 Å². The van der Waals surface area contributed by atoms with Gasteiger partial charge in [-0.2, -0.15) is 0 Å². The molecule has 8 heteroatoms. The van der Waals surface area contributed by atoms with E-state index in [4.69, 9.17) is 0 Å². The molecule has 20 heavy (non-hydrogen) atoms. The number of thiazole rings is 1. The molecule has 0 bridgehead atoms. The molecule has 1 aliphatic heterocycles. The van der Waals surface area contributed by atoms with Gasteiger partial charge in [0.25, 0.3) is 5.91 Å². The standard InChI is InChI=1S/C12H15N3O3S2/c1-2-14(9-3-6-20(17,18)8-9)11(16)10-7-19-12-13-4-5-15(10)12/h4-5,7,9H,2-3,6,8H2,1H3. The summed E-state index contributed by atoms with van der Waals surface area (Å²) in [5.41, 5.74) is 0.550. The summed E-state index contributed by atoms with van der Waals surface area (Å²) in [4.78, 5) is 19.2. The number of carbonyl (C=O) groups excluding carboxylic acids is 1. The molecule has 3 rings (SSSR count). The van der Waals surface area contributed by atoms with E-state index in [1.807, 2.05) is 6.92 Å². The predicted octanol–water partition coefficient (Wildman–Crippen LogP) is 1.04. The summed E-state index contributed by atoms with van der Waals surface area (Å²) in [6, 6.07) is -0.212. The number of hydrogen-bond donors (Lipinski definition) is 0. The highest BCUT2D eigenvalue weighted by Crippen LogP contribution is 2.22. The van der Waals surface area contributed by atoms with Crippen LogP contribution in [-0.4, -0.2) is 52.7 Å². The first kappa shape index (κ1) is 13.6. The van der Waals surface area contributed by atoms with Gasteiger partial charge >= 0.3 is 0 Å². The minimum absolute atomic E-state index is 0.0732. The lowest BCUT2D eigenvalue weighted by Gasteiger charge is -2.26. The highest BCUT2D eigenvalue weighted by Gasteiger charge is 2.34. The van der Waals surface area contributed by atoms with Crippen LogP contribution in [0.4, 0.5) is 0 Å². The van der Waals surface area contributed by atoms with Crippen molar-refractivity contribution in [1.29, 1.82) is 0 Å². The van der Waals surface area contributed by atoms with E-state index in [1.54, 1.807) is 27.1 Å². The zero-order chi connectivity index (χ0) is 14.3. The van der Waals surface area contributed by atoms with E-state index in [-0.39, 0.29) is 23.5 Å². The average molecular weight is 313 g/mol. The van der Waals surface area contributed by atoms with Crippen LogP contribution in [0.2, 0.25) is 0 Å². The molecule has 1 atom stereocenters. The molecule has 6 nitrogen and oxygen atoms in total. The van der Waals surface area contributed by atoms with Crippen LogP contribution in [0.15, 0.2) is 17.8 Å². The summed E-state index contributed by atoms with van der Waals surface area (Å²) < 4.78 is 24.9. The van der Waals surface area contributed by atoms with E-state index in [0.717, 1.165) is 4.96 Å². The van der Waals surface area contributed by atoms with Crippen molar-refractivity contribution in [3.05, 3.63) is 23.5 Å². The maximum atomic E-state index is 12.6. The molecule has 0 aromatic carbocycles. The van der Waals surface area contributed by atoms with Gasteiger partial charge in [-0.25, -0.2) is 13.4 Å². The Morgan fingerprint density at radius 2 is 2.40 bits per heavy atom. The summed E-state index contributed by atoms with van der Waals surface area (Å²) in [6.07, 6.45) is 3.93. The number of aromatic nitrogens is 2. The molecular weight excluding hydrogens is 298 g/mol. The molecule has 1 saturated heterocycles. The molecule has 0 spiro atoms. The molecule has 2 aromatic rings. The summed E-state index contributed by atoms with van der Waals surface area (Å²) in [5.74, 6) is 0.119. The van der Waals surface area contributed by atoms with Gasteiger partial charge in [-0.15, -0.1) is 11.3 Å². The van der Waals surface area contributed by atoms with Crippen molar-refractivity contribution in [2.75, 3.05) is 18.1 Å². The average Bonchev–Trinajstić information content (AvgIpc) is 3.04. The SMILES string of the molecule is CCN(C(=O)c1csc2nccn12)C1CCS(=O)(=O)C1. The molecule has 1 aliphatic rings. The fraction of sp³-hybridized carbons (Fsp3) is 0.500. The summed E-state index contributed by atoms with van der Waals surface area (Å²) in [7, 11) is -3.00. The second-order valence-electron chi connectivity index (χ2n) is 4.85. The Hall–Kier alpha value is -1.41. The molecule has 108 valence electrons. The van der Waals surface area contributed by atoms with E-state index in [1.165, 1.54) is 11.3 Å². The number of imidazole rings is 1. The van der Waals surface area contributed by atoms with Crippen LogP contribution in [-0.2, 0) is 9.84 Å². The number of fused-ring (bicyclic) bond motifs is 1. The van der Waals surface area contributed by atoms with Gasteiger partial charge in [0.1, 0.15) is 5.69 Å². The minimum Gasteiger partial charge on any atom is -0.334 e. The largest absolute Gasteiger partial charge is 0.334 e. The second kappa shape index (κ2) is 4.85. The lowest BCUT2D eigenvalue weighted by Crippen LogP contribution is -2.41. The Labute approximate surface area is 121 Å². The van der Waals surface area contributed by atoms with Crippen molar-refractivity contribution in [3.8, 4) is 0 Å². The van der Waals surface area contributed by atoms with Gasteiger partial charge in [0, 0.05) is 30.4 Å². The summed E-state index contributed by atoms with van der Waals surface area (Å²) in [5, 5.41) is 1.77. The van der Waals surface area contributed by atoms with Gasteiger partial charge in [-0.05, 0) is 13.3 Å². The van der Waals surface area contributed by atoms with Crippen molar-refractivity contribution in [2.45, 2.75) is 19.4 Å². The number of rotatable bonds is 3. The van der Waals surface area contributed by atoms with E-state index >= 15 is 0 Å². The maximum Gasteiger partial charge on any atom is 0.272 e. The Morgan fingerprint density at radius 3 is 3.05 bits per heavy atom. The number of sulfone groups is 1. The van der Waals surface area contributed by atoms with Gasteiger partial charge in [0.15, 0.2) is 14.8 Å². The fourth-order valence-electron chi connectivity index (χ4n) is 2.61. The van der Waals surface area contributed by atoms with Gasteiger partial charge in [-0.3, -0.25) is 9.20 Å². The monoisotopic (exact) mass is 313 g/mol. The summed E-state index contributed by atoms with van der Waals surface area (Å²) in [6.45, 7) is 2.38. The van der Waals surface area contributed by atoms with Crippen molar-refractivity contribution < 1.29 is 13.2 Å². The van der Waals surface area contributed by atoms with E-state index < -0.39 is 9.84 Å². The van der Waals surface area contributed by atoms with Crippen molar-refractivity contribution in [3.63, 3.8) is 0 Å². The molecule has 0 saturated carbocycles. The van der Waals surface area contributed by atoms with Gasteiger partial charge in [0.05, 0.1) is 11.5 Å². The second-order valence-corrected chi connectivity index (χ2v) is 7.91. The van der Waals surface area contributed by atoms with Gasteiger partial charge < -0.3 is 4.90 Å². The topological polar surface area (TPSA) is 71.8 Å². The van der Waals surface area contributed by atoms with E-state index in [2.05, 4.69) is 4.98 Å². The van der Waals surface area contributed by atoms with Crippen LogP contribution >= 0.6 is 11.3 Å². The van der Waals surface area contributed by atoms with Crippen LogP contribution in [0.5, 0.6) is 0 Å². The predicted molar refractivity (Wildman–Crippen MR) is 76.8 cm³/mol. The van der Waals surface area contributed by atoms with E-state index in [9.17, 15) is 13.2 Å². The molecule has 0 aliphatic carbocycles. The molecule has 1 fully saturated rings. The normalized spacial score (nSPS) is 21.4. The van der Waals surface area contributed by atoms with Crippen LogP contribution in [0.3, 0.4) is 0 Å². The van der Waals surface area contributed by atoms with E-state index in [0.29, 0.717) is 18.7 Å². The Balaban J connectivity index is 1.90. The number of hydrogen-bond acceptors (Lipinski definition) is 5. The van der Waals surface area contributed by atoms with Crippen molar-refractivity contribution in [1.82, 2.24) is 14.3 Å². The van der Waals surface area contributed by atoms with Crippen LogP contribution < -0.4 is 0 Å². The number of amides is 1. The van der Waals surface area contributed by atoms with Crippen LogP contribution in [0.25, 0.3) is 4.96 Å². The first-order valence-corrected chi connectivity index (χ1v) is 9.14. The molecule has 0 N–H and O–H groups in total. The first-order chi connectivity index (χ1) is 9.52. The third kappa shape index (κ3) is 2.22. The third-order valence-electron chi connectivity index (χ3n) is 3.61. The van der Waals surface area contributed by atoms with Crippen LogP contribution in [0, 0.1) is 0 Å². The highest BCUT2D eigenvalue weighted by atomic mass is 32.2. The lowest BCUT2D eigenvalue weighted by molar-refractivity contribution is 0.0701. The number of nitrogens with zero attached hydrogens (tertiary/aromatic N) is 3. The van der Waals surface area contributed by atoms with Gasteiger partial charge in [0.2, 0.25) is 0 Å². The fourth-order valence-corrected chi connectivity index (χ4v) is 5.17. The summed E-state index contributed by atoms with van der Waals surface area (Å²) >= 11 is 1.41. The van der Waals surface area contributed by atoms with Crippen molar-refractivity contribution >= 4 is 32.0 Å².